The minimum absolute atomic E-state index is 0.176. The smallest absolute Gasteiger partial charge is 0.148 e. The van der Waals surface area contributed by atoms with Gasteiger partial charge in [0.15, 0.2) is 0 Å². The molecule has 1 aliphatic carbocycles. The molecule has 0 radical (unpaired) electrons. The SMILES string of the molecule is CCCC1CCC2(CCN(c3ccc(N)cc3F)C2)C1. The second kappa shape index (κ2) is 5.27. The highest BCUT2D eigenvalue weighted by Crippen LogP contribution is 2.50. The zero-order valence-electron chi connectivity index (χ0n) is 12.4. The van der Waals surface area contributed by atoms with Crippen LogP contribution in [0.4, 0.5) is 15.8 Å². The summed E-state index contributed by atoms with van der Waals surface area (Å²) in [7, 11) is 0. The van der Waals surface area contributed by atoms with Gasteiger partial charge in [0.2, 0.25) is 0 Å². The van der Waals surface area contributed by atoms with Crippen LogP contribution in [-0.4, -0.2) is 13.1 Å². The lowest BCUT2D eigenvalue weighted by Crippen LogP contribution is -2.26. The van der Waals surface area contributed by atoms with E-state index in [1.165, 1.54) is 44.6 Å². The van der Waals surface area contributed by atoms with Gasteiger partial charge in [0, 0.05) is 18.8 Å². The molecule has 1 heterocycles. The molecular formula is C17H25FN2. The summed E-state index contributed by atoms with van der Waals surface area (Å²) in [6, 6.07) is 5.08. The summed E-state index contributed by atoms with van der Waals surface area (Å²) in [6.45, 7) is 4.28. The van der Waals surface area contributed by atoms with Crippen LogP contribution in [0.5, 0.6) is 0 Å². The number of benzene rings is 1. The third kappa shape index (κ3) is 2.50. The highest BCUT2D eigenvalue weighted by atomic mass is 19.1. The Hall–Kier alpha value is -1.25. The molecule has 2 nitrogen and oxygen atoms in total. The van der Waals surface area contributed by atoms with Gasteiger partial charge in [-0.15, -0.1) is 0 Å². The van der Waals surface area contributed by atoms with Gasteiger partial charge in [-0.25, -0.2) is 4.39 Å². The maximum atomic E-state index is 14.1. The number of hydrogen-bond acceptors (Lipinski definition) is 2. The van der Waals surface area contributed by atoms with Crippen molar-refractivity contribution in [1.29, 1.82) is 0 Å². The van der Waals surface area contributed by atoms with Crippen molar-refractivity contribution in [3.8, 4) is 0 Å². The van der Waals surface area contributed by atoms with Gasteiger partial charge in [-0.2, -0.15) is 0 Å². The molecule has 1 saturated heterocycles. The zero-order chi connectivity index (χ0) is 14.2. The fourth-order valence-corrected chi connectivity index (χ4v) is 4.27. The maximum Gasteiger partial charge on any atom is 0.148 e. The van der Waals surface area contributed by atoms with Gasteiger partial charge in [-0.05, 0) is 55.2 Å². The average Bonchev–Trinajstić information content (AvgIpc) is 2.98. The molecule has 1 aliphatic heterocycles. The Labute approximate surface area is 121 Å². The number of nitrogens with zero attached hydrogens (tertiary/aromatic N) is 1. The number of anilines is 2. The molecule has 3 heteroatoms. The van der Waals surface area contributed by atoms with E-state index in [1.54, 1.807) is 6.07 Å². The molecule has 0 amide bonds. The fourth-order valence-electron chi connectivity index (χ4n) is 4.27. The summed E-state index contributed by atoms with van der Waals surface area (Å²) in [6.07, 6.45) is 7.90. The average molecular weight is 276 g/mol. The molecule has 1 spiro atoms. The third-order valence-electron chi connectivity index (χ3n) is 5.25. The molecule has 2 aliphatic rings. The molecule has 2 N–H and O–H groups in total. The van der Waals surface area contributed by atoms with Crippen LogP contribution in [0.3, 0.4) is 0 Å². The minimum atomic E-state index is -0.176. The first-order valence-electron chi connectivity index (χ1n) is 7.92. The van der Waals surface area contributed by atoms with Crippen molar-refractivity contribution in [1.82, 2.24) is 0 Å². The Morgan fingerprint density at radius 2 is 2.25 bits per heavy atom. The summed E-state index contributed by atoms with van der Waals surface area (Å²) >= 11 is 0. The highest BCUT2D eigenvalue weighted by molar-refractivity contribution is 5.55. The Balaban J connectivity index is 1.71. The molecule has 3 rings (SSSR count). The maximum absolute atomic E-state index is 14.1. The first kappa shape index (κ1) is 13.7. The van der Waals surface area contributed by atoms with Gasteiger partial charge in [0.25, 0.3) is 0 Å². The van der Waals surface area contributed by atoms with Crippen LogP contribution >= 0.6 is 0 Å². The van der Waals surface area contributed by atoms with Gasteiger partial charge in [0.1, 0.15) is 5.82 Å². The number of hydrogen-bond donors (Lipinski definition) is 1. The first-order chi connectivity index (χ1) is 9.62. The first-order valence-corrected chi connectivity index (χ1v) is 7.92. The van der Waals surface area contributed by atoms with Crippen molar-refractivity contribution in [3.05, 3.63) is 24.0 Å². The van der Waals surface area contributed by atoms with E-state index >= 15 is 0 Å². The molecule has 1 saturated carbocycles. The summed E-state index contributed by atoms with van der Waals surface area (Å²) in [5.41, 5.74) is 7.32. The van der Waals surface area contributed by atoms with E-state index in [2.05, 4.69) is 11.8 Å². The Morgan fingerprint density at radius 3 is 3.00 bits per heavy atom. The van der Waals surface area contributed by atoms with Gasteiger partial charge >= 0.3 is 0 Å². The minimum Gasteiger partial charge on any atom is -0.399 e. The van der Waals surface area contributed by atoms with Crippen LogP contribution in [0, 0.1) is 17.2 Å². The van der Waals surface area contributed by atoms with E-state index in [9.17, 15) is 4.39 Å². The summed E-state index contributed by atoms with van der Waals surface area (Å²) < 4.78 is 14.1. The quantitative estimate of drug-likeness (QED) is 0.838. The molecular weight excluding hydrogens is 251 g/mol. The number of nitrogens with two attached hydrogens (primary N) is 1. The number of halogens is 1. The van der Waals surface area contributed by atoms with Crippen LogP contribution in [0.1, 0.15) is 45.4 Å². The Morgan fingerprint density at radius 1 is 1.40 bits per heavy atom. The predicted octanol–water partition coefficient (Wildman–Crippen LogP) is 4.20. The lowest BCUT2D eigenvalue weighted by Gasteiger charge is -2.25. The molecule has 2 unspecified atom stereocenters. The second-order valence-electron chi connectivity index (χ2n) is 6.78. The Kier molecular flexibility index (Phi) is 3.61. The van der Waals surface area contributed by atoms with E-state index in [4.69, 9.17) is 5.73 Å². The van der Waals surface area contributed by atoms with E-state index in [0.29, 0.717) is 11.1 Å². The van der Waals surface area contributed by atoms with E-state index in [-0.39, 0.29) is 5.82 Å². The summed E-state index contributed by atoms with van der Waals surface area (Å²) in [5, 5.41) is 0. The van der Waals surface area contributed by atoms with Crippen LogP contribution in [-0.2, 0) is 0 Å². The topological polar surface area (TPSA) is 29.3 Å². The molecule has 0 aromatic heterocycles. The van der Waals surface area contributed by atoms with Gasteiger partial charge in [-0.1, -0.05) is 19.8 Å². The van der Waals surface area contributed by atoms with Crippen molar-refractivity contribution in [2.24, 2.45) is 11.3 Å². The van der Waals surface area contributed by atoms with E-state index in [1.807, 2.05) is 6.07 Å². The van der Waals surface area contributed by atoms with Gasteiger partial charge in [0.05, 0.1) is 5.69 Å². The van der Waals surface area contributed by atoms with Crippen LogP contribution in [0.15, 0.2) is 18.2 Å². The molecule has 1 aromatic carbocycles. The summed E-state index contributed by atoms with van der Waals surface area (Å²) in [5.74, 6) is 0.723. The van der Waals surface area contributed by atoms with Crippen molar-refractivity contribution in [2.45, 2.75) is 45.4 Å². The fraction of sp³-hybridized carbons (Fsp3) is 0.647. The largest absolute Gasteiger partial charge is 0.399 e. The van der Waals surface area contributed by atoms with Crippen molar-refractivity contribution >= 4 is 11.4 Å². The van der Waals surface area contributed by atoms with E-state index in [0.717, 1.165) is 24.7 Å². The normalized spacial score (nSPS) is 29.5. The predicted molar refractivity (Wildman–Crippen MR) is 82.3 cm³/mol. The zero-order valence-corrected chi connectivity index (χ0v) is 12.4. The van der Waals surface area contributed by atoms with Crippen molar-refractivity contribution in [2.75, 3.05) is 23.7 Å². The molecule has 110 valence electrons. The van der Waals surface area contributed by atoms with Crippen LogP contribution in [0.25, 0.3) is 0 Å². The summed E-state index contributed by atoms with van der Waals surface area (Å²) in [4.78, 5) is 2.23. The van der Waals surface area contributed by atoms with Crippen LogP contribution in [0.2, 0.25) is 0 Å². The molecule has 20 heavy (non-hydrogen) atoms. The van der Waals surface area contributed by atoms with Gasteiger partial charge < -0.3 is 10.6 Å². The number of nitrogen functional groups attached to an aromatic ring is 1. The standard InChI is InChI=1S/C17H25FN2/c1-2-3-13-6-7-17(11-13)8-9-20(12-17)16-5-4-14(19)10-15(16)18/h4-5,10,13H,2-3,6-9,11-12,19H2,1H3. The lowest BCUT2D eigenvalue weighted by molar-refractivity contribution is 0.318. The Bertz CT molecular complexity index is 488. The second-order valence-corrected chi connectivity index (χ2v) is 6.78. The van der Waals surface area contributed by atoms with Gasteiger partial charge in [-0.3, -0.25) is 0 Å². The van der Waals surface area contributed by atoms with Crippen molar-refractivity contribution < 1.29 is 4.39 Å². The van der Waals surface area contributed by atoms with Crippen molar-refractivity contribution in [3.63, 3.8) is 0 Å². The molecule has 2 atom stereocenters. The monoisotopic (exact) mass is 276 g/mol. The molecule has 2 fully saturated rings. The molecule has 0 bridgehead atoms. The van der Waals surface area contributed by atoms with E-state index < -0.39 is 0 Å². The van der Waals surface area contributed by atoms with Crippen LogP contribution < -0.4 is 10.6 Å². The third-order valence-corrected chi connectivity index (χ3v) is 5.25. The lowest BCUT2D eigenvalue weighted by atomic mass is 9.84. The number of rotatable bonds is 3. The highest BCUT2D eigenvalue weighted by Gasteiger charge is 2.44. The molecule has 1 aromatic rings.